The lowest BCUT2D eigenvalue weighted by Gasteiger charge is -2.07. The fraction of sp³-hybridized carbons (Fsp3) is 0.250. The van der Waals surface area contributed by atoms with Gasteiger partial charge in [0, 0.05) is 24.0 Å². The van der Waals surface area contributed by atoms with Crippen LogP contribution in [0, 0.1) is 6.92 Å². The molecular formula is C12H12BrN3O3. The maximum Gasteiger partial charge on any atom is 0.328 e. The van der Waals surface area contributed by atoms with Gasteiger partial charge in [-0.3, -0.25) is 14.3 Å². The second-order valence-electron chi connectivity index (χ2n) is 3.97. The van der Waals surface area contributed by atoms with Crippen molar-refractivity contribution in [3.05, 3.63) is 55.0 Å². The first-order chi connectivity index (χ1) is 9.01. The van der Waals surface area contributed by atoms with E-state index in [0.29, 0.717) is 15.9 Å². The van der Waals surface area contributed by atoms with Gasteiger partial charge in [-0.2, -0.15) is 0 Å². The lowest BCUT2D eigenvalue weighted by molar-refractivity contribution is 0.412. The molecular weight excluding hydrogens is 314 g/mol. The summed E-state index contributed by atoms with van der Waals surface area (Å²) in [5.74, 6) is 0.641. The van der Waals surface area contributed by atoms with Crippen LogP contribution in [0.25, 0.3) is 0 Å². The van der Waals surface area contributed by atoms with E-state index in [-0.39, 0.29) is 6.54 Å². The number of aromatic amines is 1. The van der Waals surface area contributed by atoms with Crippen LogP contribution in [0.5, 0.6) is 5.75 Å². The molecule has 0 aliphatic carbocycles. The average molecular weight is 326 g/mol. The zero-order chi connectivity index (χ0) is 14.0. The highest BCUT2D eigenvalue weighted by atomic mass is 79.9. The van der Waals surface area contributed by atoms with Gasteiger partial charge in [-0.1, -0.05) is 0 Å². The van der Waals surface area contributed by atoms with E-state index in [4.69, 9.17) is 4.74 Å². The summed E-state index contributed by atoms with van der Waals surface area (Å²) in [6, 6.07) is 3.47. The predicted octanol–water partition coefficient (Wildman–Crippen LogP) is 1.06. The smallest absolute Gasteiger partial charge is 0.328 e. The largest absolute Gasteiger partial charge is 0.497 e. The summed E-state index contributed by atoms with van der Waals surface area (Å²) in [5, 5.41) is 0. The molecule has 2 aromatic heterocycles. The minimum Gasteiger partial charge on any atom is -0.497 e. The quantitative estimate of drug-likeness (QED) is 0.915. The third-order valence-corrected chi connectivity index (χ3v) is 3.12. The van der Waals surface area contributed by atoms with Crippen LogP contribution in [0.1, 0.15) is 11.4 Å². The number of nitrogens with zero attached hydrogens (tertiary/aromatic N) is 2. The molecule has 6 nitrogen and oxygen atoms in total. The lowest BCUT2D eigenvalue weighted by Crippen LogP contribution is -2.35. The molecule has 2 rings (SSSR count). The minimum absolute atomic E-state index is 0.0889. The van der Waals surface area contributed by atoms with Crippen LogP contribution in [0.3, 0.4) is 0 Å². The van der Waals surface area contributed by atoms with Crippen molar-refractivity contribution in [1.82, 2.24) is 14.5 Å². The fourth-order valence-corrected chi connectivity index (χ4v) is 2.02. The van der Waals surface area contributed by atoms with Crippen molar-refractivity contribution in [2.45, 2.75) is 13.5 Å². The normalized spacial score (nSPS) is 10.5. The number of ether oxygens (including phenoxy) is 1. The second kappa shape index (κ2) is 5.40. The van der Waals surface area contributed by atoms with Crippen LogP contribution >= 0.6 is 15.9 Å². The molecule has 0 fully saturated rings. The highest BCUT2D eigenvalue weighted by Gasteiger charge is 2.08. The molecule has 0 unspecified atom stereocenters. The van der Waals surface area contributed by atoms with Gasteiger partial charge in [0.25, 0.3) is 5.56 Å². The first kappa shape index (κ1) is 13.5. The van der Waals surface area contributed by atoms with Crippen molar-refractivity contribution in [3.8, 4) is 5.75 Å². The molecule has 1 N–H and O–H groups in total. The number of methoxy groups -OCH3 is 1. The second-order valence-corrected chi connectivity index (χ2v) is 4.83. The monoisotopic (exact) mass is 325 g/mol. The zero-order valence-corrected chi connectivity index (χ0v) is 12.0. The van der Waals surface area contributed by atoms with E-state index >= 15 is 0 Å². The van der Waals surface area contributed by atoms with Crippen LogP contribution in [0.15, 0.2) is 32.4 Å². The standard InChI is InChI=1S/C12H12BrN3O3/c1-7-3-9(19-2)4-8(15-7)6-16-11(17)10(13)5-14-12(16)18/h3-5H,6H2,1-2H3,(H,14,18). The maximum atomic E-state index is 11.9. The molecule has 2 heterocycles. The molecule has 0 aliphatic heterocycles. The number of hydrogen-bond acceptors (Lipinski definition) is 4. The molecule has 100 valence electrons. The van der Waals surface area contributed by atoms with E-state index in [1.54, 1.807) is 19.2 Å². The molecule has 0 bridgehead atoms. The Morgan fingerprint density at radius 2 is 2.16 bits per heavy atom. The number of aromatic nitrogens is 3. The lowest BCUT2D eigenvalue weighted by atomic mass is 10.3. The molecule has 2 aromatic rings. The highest BCUT2D eigenvalue weighted by molar-refractivity contribution is 9.10. The molecule has 0 atom stereocenters. The third-order valence-electron chi connectivity index (χ3n) is 2.55. The van der Waals surface area contributed by atoms with Crippen LogP contribution in [-0.2, 0) is 6.54 Å². The number of rotatable bonds is 3. The summed E-state index contributed by atoms with van der Waals surface area (Å²) < 4.78 is 6.51. The number of H-pyrrole nitrogens is 1. The van der Waals surface area contributed by atoms with Gasteiger partial charge in [0.2, 0.25) is 0 Å². The number of nitrogens with one attached hydrogen (secondary N) is 1. The van der Waals surface area contributed by atoms with Gasteiger partial charge in [-0.05, 0) is 22.9 Å². The van der Waals surface area contributed by atoms with Gasteiger partial charge in [-0.25, -0.2) is 4.79 Å². The van der Waals surface area contributed by atoms with Crippen molar-refractivity contribution >= 4 is 15.9 Å². The van der Waals surface area contributed by atoms with Crippen LogP contribution in [0.4, 0.5) is 0 Å². The van der Waals surface area contributed by atoms with E-state index in [9.17, 15) is 9.59 Å². The molecule has 0 saturated carbocycles. The summed E-state index contributed by atoms with van der Waals surface area (Å²) in [4.78, 5) is 30.3. The topological polar surface area (TPSA) is 77.0 Å². The predicted molar refractivity (Wildman–Crippen MR) is 73.7 cm³/mol. The van der Waals surface area contributed by atoms with Crippen molar-refractivity contribution in [2.24, 2.45) is 0 Å². The fourth-order valence-electron chi connectivity index (χ4n) is 1.69. The summed E-state index contributed by atoms with van der Waals surface area (Å²) in [6.07, 6.45) is 1.32. The third kappa shape index (κ3) is 2.93. The van der Waals surface area contributed by atoms with Crippen LogP contribution < -0.4 is 16.0 Å². The Labute approximate surface area is 117 Å². The van der Waals surface area contributed by atoms with Gasteiger partial charge in [0.05, 0.1) is 23.8 Å². The van der Waals surface area contributed by atoms with E-state index in [1.165, 1.54) is 6.20 Å². The van der Waals surface area contributed by atoms with Crippen molar-refractivity contribution < 1.29 is 4.74 Å². The molecule has 19 heavy (non-hydrogen) atoms. The molecule has 7 heteroatoms. The average Bonchev–Trinajstić information content (AvgIpc) is 2.38. The van der Waals surface area contributed by atoms with E-state index < -0.39 is 11.2 Å². The SMILES string of the molecule is COc1cc(C)nc(Cn2c(=O)[nH]cc(Br)c2=O)c1. The van der Waals surface area contributed by atoms with Crippen LogP contribution in [-0.4, -0.2) is 21.6 Å². The molecule has 0 aliphatic rings. The Bertz CT molecular complexity index is 721. The zero-order valence-electron chi connectivity index (χ0n) is 10.4. The van der Waals surface area contributed by atoms with Gasteiger partial charge >= 0.3 is 5.69 Å². The number of aryl methyl sites for hydroxylation is 1. The van der Waals surface area contributed by atoms with Crippen molar-refractivity contribution in [2.75, 3.05) is 7.11 Å². The molecule has 0 spiro atoms. The Morgan fingerprint density at radius 3 is 2.84 bits per heavy atom. The Kier molecular flexibility index (Phi) is 3.84. The number of halogens is 1. The Hall–Kier alpha value is -1.89. The molecule has 0 radical (unpaired) electrons. The molecule has 0 amide bonds. The van der Waals surface area contributed by atoms with E-state index in [1.807, 2.05) is 6.92 Å². The number of hydrogen-bond donors (Lipinski definition) is 1. The van der Waals surface area contributed by atoms with Gasteiger partial charge in [0.15, 0.2) is 0 Å². The highest BCUT2D eigenvalue weighted by Crippen LogP contribution is 2.13. The van der Waals surface area contributed by atoms with Gasteiger partial charge < -0.3 is 9.72 Å². The summed E-state index contributed by atoms with van der Waals surface area (Å²) in [7, 11) is 1.55. The Morgan fingerprint density at radius 1 is 1.42 bits per heavy atom. The van der Waals surface area contributed by atoms with E-state index in [2.05, 4.69) is 25.9 Å². The maximum absolute atomic E-state index is 11.9. The summed E-state index contributed by atoms with van der Waals surface area (Å²) in [5.41, 5.74) is 0.470. The van der Waals surface area contributed by atoms with Crippen molar-refractivity contribution in [3.63, 3.8) is 0 Å². The molecule has 0 aromatic carbocycles. The first-order valence-corrected chi connectivity index (χ1v) is 6.30. The van der Waals surface area contributed by atoms with Gasteiger partial charge in [0.1, 0.15) is 5.75 Å². The van der Waals surface area contributed by atoms with Crippen LogP contribution in [0.2, 0.25) is 0 Å². The molecule has 0 saturated heterocycles. The van der Waals surface area contributed by atoms with Crippen molar-refractivity contribution in [1.29, 1.82) is 0 Å². The summed E-state index contributed by atoms with van der Waals surface area (Å²) >= 11 is 3.09. The first-order valence-electron chi connectivity index (χ1n) is 5.51. The van der Waals surface area contributed by atoms with E-state index in [0.717, 1.165) is 10.3 Å². The van der Waals surface area contributed by atoms with Gasteiger partial charge in [-0.15, -0.1) is 0 Å². The minimum atomic E-state index is -0.476. The Balaban J connectivity index is 2.47. The summed E-state index contributed by atoms with van der Waals surface area (Å²) in [6.45, 7) is 1.91. The number of pyridine rings is 1.